The minimum absolute atomic E-state index is 0.375. The Hall–Kier alpha value is -0.0400. The largest absolute Gasteiger partial charge is 0.396 e. The van der Waals surface area contributed by atoms with E-state index in [1.165, 1.54) is 238 Å². The van der Waals surface area contributed by atoms with Crippen molar-refractivity contribution in [3.05, 3.63) is 0 Å². The lowest BCUT2D eigenvalue weighted by molar-refractivity contribution is 0.282. The third-order valence-corrected chi connectivity index (χ3v) is 9.51. The van der Waals surface area contributed by atoms with Gasteiger partial charge in [-0.1, -0.05) is 244 Å². The molecular formula is C40H82O. The van der Waals surface area contributed by atoms with Gasteiger partial charge in [0.05, 0.1) is 0 Å². The Bertz CT molecular complexity index is 381. The smallest absolute Gasteiger partial charge is 0.0431 e. The third-order valence-electron chi connectivity index (χ3n) is 9.51. The molecule has 0 aliphatic rings. The lowest BCUT2D eigenvalue weighted by atomic mass is 10.0. The van der Waals surface area contributed by atoms with Crippen molar-refractivity contribution in [3.63, 3.8) is 0 Å². The zero-order chi connectivity index (χ0) is 29.6. The number of unbranched alkanes of at least 4 members (excludes halogenated alkanes) is 37. The van der Waals surface area contributed by atoms with E-state index < -0.39 is 0 Å². The van der Waals surface area contributed by atoms with E-state index in [2.05, 4.69) is 6.92 Å². The Morgan fingerprint density at radius 2 is 0.317 bits per heavy atom. The van der Waals surface area contributed by atoms with Crippen molar-refractivity contribution in [1.82, 2.24) is 0 Å². The molecule has 0 aliphatic heterocycles. The zero-order valence-electron chi connectivity index (χ0n) is 29.0. The molecule has 0 rings (SSSR count). The Kier molecular flexibility index (Phi) is 39.9. The van der Waals surface area contributed by atoms with Crippen molar-refractivity contribution in [2.24, 2.45) is 0 Å². The molecule has 0 heterocycles. The van der Waals surface area contributed by atoms with E-state index in [9.17, 15) is 0 Å². The van der Waals surface area contributed by atoms with Gasteiger partial charge in [0.2, 0.25) is 0 Å². The van der Waals surface area contributed by atoms with E-state index in [4.69, 9.17) is 5.11 Å². The average Bonchev–Trinajstić information content (AvgIpc) is 2.98. The van der Waals surface area contributed by atoms with Gasteiger partial charge >= 0.3 is 0 Å². The van der Waals surface area contributed by atoms with Crippen LogP contribution < -0.4 is 0 Å². The fourth-order valence-electron chi connectivity index (χ4n) is 6.55. The van der Waals surface area contributed by atoms with Crippen LogP contribution in [0.4, 0.5) is 0 Å². The van der Waals surface area contributed by atoms with Gasteiger partial charge in [-0.2, -0.15) is 0 Å². The third kappa shape index (κ3) is 40.0. The van der Waals surface area contributed by atoms with Gasteiger partial charge in [0.1, 0.15) is 0 Å². The first-order valence-corrected chi connectivity index (χ1v) is 20.0. The number of hydrogen-bond donors (Lipinski definition) is 1. The summed E-state index contributed by atoms with van der Waals surface area (Å²) in [5.41, 5.74) is 0. The van der Waals surface area contributed by atoms with Gasteiger partial charge in [-0.05, 0) is 6.42 Å². The zero-order valence-corrected chi connectivity index (χ0v) is 29.0. The summed E-state index contributed by atoms with van der Waals surface area (Å²) in [5.74, 6) is 0. The molecule has 0 amide bonds. The Labute approximate surface area is 262 Å². The van der Waals surface area contributed by atoms with Crippen molar-refractivity contribution in [1.29, 1.82) is 0 Å². The molecule has 1 N–H and O–H groups in total. The highest BCUT2D eigenvalue weighted by Gasteiger charge is 1.97. The Balaban J connectivity index is 3.02. The van der Waals surface area contributed by atoms with E-state index >= 15 is 0 Å². The maximum Gasteiger partial charge on any atom is 0.0431 e. The fourth-order valence-corrected chi connectivity index (χ4v) is 6.55. The molecule has 0 saturated carbocycles. The molecule has 1 nitrogen and oxygen atoms in total. The lowest BCUT2D eigenvalue weighted by Crippen LogP contribution is -1.85. The van der Waals surface area contributed by atoms with Crippen LogP contribution in [0.1, 0.15) is 251 Å². The van der Waals surface area contributed by atoms with Gasteiger partial charge in [-0.15, -0.1) is 0 Å². The second-order valence-corrected chi connectivity index (χ2v) is 13.8. The Morgan fingerprint density at radius 3 is 0.439 bits per heavy atom. The van der Waals surface area contributed by atoms with Crippen LogP contribution in [0, 0.1) is 0 Å². The maximum atomic E-state index is 8.79. The lowest BCUT2D eigenvalue weighted by Gasteiger charge is -2.05. The second kappa shape index (κ2) is 40.0. The molecule has 0 atom stereocenters. The van der Waals surface area contributed by atoms with Crippen molar-refractivity contribution in [3.8, 4) is 0 Å². The molecule has 0 saturated heterocycles. The molecule has 0 radical (unpaired) electrons. The molecule has 0 aromatic carbocycles. The normalized spacial score (nSPS) is 11.6. The van der Waals surface area contributed by atoms with Gasteiger partial charge in [0.15, 0.2) is 0 Å². The van der Waals surface area contributed by atoms with E-state index in [-0.39, 0.29) is 0 Å². The van der Waals surface area contributed by atoms with Crippen LogP contribution in [0.15, 0.2) is 0 Å². The van der Waals surface area contributed by atoms with Gasteiger partial charge in [0, 0.05) is 6.61 Å². The van der Waals surface area contributed by atoms with Crippen LogP contribution in [0.25, 0.3) is 0 Å². The van der Waals surface area contributed by atoms with E-state index in [0.717, 1.165) is 6.42 Å². The summed E-state index contributed by atoms with van der Waals surface area (Å²) in [6, 6.07) is 0. The number of hydrogen-bond acceptors (Lipinski definition) is 1. The highest BCUT2D eigenvalue weighted by Crippen LogP contribution is 2.17. The maximum absolute atomic E-state index is 8.79. The molecule has 0 aliphatic carbocycles. The Morgan fingerprint density at radius 1 is 0.195 bits per heavy atom. The molecule has 0 unspecified atom stereocenters. The van der Waals surface area contributed by atoms with Crippen LogP contribution >= 0.6 is 0 Å². The molecule has 0 fully saturated rings. The summed E-state index contributed by atoms with van der Waals surface area (Å²) in [6.07, 6.45) is 55.0. The van der Waals surface area contributed by atoms with Gasteiger partial charge in [-0.25, -0.2) is 0 Å². The highest BCUT2D eigenvalue weighted by molar-refractivity contribution is 4.53. The summed E-state index contributed by atoms with van der Waals surface area (Å²) in [7, 11) is 0. The van der Waals surface area contributed by atoms with Gasteiger partial charge in [-0.3, -0.25) is 0 Å². The predicted molar refractivity (Wildman–Crippen MR) is 188 cm³/mol. The first-order valence-electron chi connectivity index (χ1n) is 20.0. The molecule has 248 valence electrons. The molecule has 41 heavy (non-hydrogen) atoms. The summed E-state index contributed by atoms with van der Waals surface area (Å²) in [4.78, 5) is 0. The van der Waals surface area contributed by atoms with E-state index in [1.807, 2.05) is 0 Å². The first kappa shape index (κ1) is 41.0. The van der Waals surface area contributed by atoms with Crippen molar-refractivity contribution >= 4 is 0 Å². The topological polar surface area (TPSA) is 20.2 Å². The molecular weight excluding hydrogens is 496 g/mol. The fraction of sp³-hybridized carbons (Fsp3) is 1.00. The van der Waals surface area contributed by atoms with E-state index in [0.29, 0.717) is 6.61 Å². The second-order valence-electron chi connectivity index (χ2n) is 13.8. The molecule has 1 heteroatoms. The average molecular weight is 579 g/mol. The summed E-state index contributed by atoms with van der Waals surface area (Å²) in [5, 5.41) is 8.79. The molecule has 0 aromatic rings. The van der Waals surface area contributed by atoms with Crippen LogP contribution in [-0.4, -0.2) is 11.7 Å². The predicted octanol–water partition coefficient (Wildman–Crippen LogP) is 14.8. The number of aliphatic hydroxyl groups is 1. The van der Waals surface area contributed by atoms with Crippen molar-refractivity contribution in [2.45, 2.75) is 251 Å². The summed E-state index contributed by atoms with van der Waals surface area (Å²) >= 11 is 0. The summed E-state index contributed by atoms with van der Waals surface area (Å²) < 4.78 is 0. The van der Waals surface area contributed by atoms with Crippen LogP contribution in [0.5, 0.6) is 0 Å². The standard InChI is InChI=1S/C40H82O/c1-2-3-4-5-6-7-8-9-10-11-12-13-14-15-16-17-18-19-20-21-22-23-24-25-26-27-28-29-30-31-32-33-34-35-36-37-38-39-40-41/h41H,2-40H2,1H3. The van der Waals surface area contributed by atoms with Crippen molar-refractivity contribution < 1.29 is 5.11 Å². The quantitative estimate of drug-likeness (QED) is 0.0722. The SMILES string of the molecule is CCCCCCCCCCCCCCCCCCCCCCCCCCCCCCCCCCCCCCCCO. The van der Waals surface area contributed by atoms with Crippen LogP contribution in [0.3, 0.4) is 0 Å². The minimum atomic E-state index is 0.375. The van der Waals surface area contributed by atoms with Crippen LogP contribution in [-0.2, 0) is 0 Å². The van der Waals surface area contributed by atoms with Gasteiger partial charge < -0.3 is 5.11 Å². The number of aliphatic hydroxyl groups excluding tert-OH is 1. The highest BCUT2D eigenvalue weighted by atomic mass is 16.2. The summed E-state index contributed by atoms with van der Waals surface area (Å²) in [6.45, 7) is 2.68. The number of rotatable bonds is 38. The molecule has 0 spiro atoms. The van der Waals surface area contributed by atoms with E-state index in [1.54, 1.807) is 0 Å². The first-order chi connectivity index (χ1) is 20.4. The van der Waals surface area contributed by atoms with Crippen molar-refractivity contribution in [2.75, 3.05) is 6.61 Å². The molecule has 0 bridgehead atoms. The van der Waals surface area contributed by atoms with Gasteiger partial charge in [0.25, 0.3) is 0 Å². The molecule has 0 aromatic heterocycles. The monoisotopic (exact) mass is 579 g/mol. The van der Waals surface area contributed by atoms with Crippen LogP contribution in [0.2, 0.25) is 0 Å². The minimum Gasteiger partial charge on any atom is -0.396 e.